The van der Waals surface area contributed by atoms with E-state index >= 15 is 0 Å². The molecule has 1 N–H and O–H groups in total. The molecule has 0 fully saturated rings. The zero-order valence-corrected chi connectivity index (χ0v) is 15.2. The molecule has 4 nitrogen and oxygen atoms in total. The fourth-order valence-electron chi connectivity index (χ4n) is 3.28. The van der Waals surface area contributed by atoms with Gasteiger partial charge < -0.3 is 9.88 Å². The smallest absolute Gasteiger partial charge is 0.244 e. The predicted octanol–water partition coefficient (Wildman–Crippen LogP) is 4.57. The molecule has 0 bridgehead atoms. The van der Waals surface area contributed by atoms with Gasteiger partial charge in [0.05, 0.1) is 11.0 Å². The number of hydrogen-bond acceptors (Lipinski definition) is 2. The van der Waals surface area contributed by atoms with E-state index in [0.717, 1.165) is 22.5 Å². The highest BCUT2D eigenvalue weighted by Crippen LogP contribution is 2.20. The van der Waals surface area contributed by atoms with Gasteiger partial charge in [-0.3, -0.25) is 4.79 Å². The summed E-state index contributed by atoms with van der Waals surface area (Å²) in [6, 6.07) is 25.8. The highest BCUT2D eigenvalue weighted by Gasteiger charge is 2.14. The largest absolute Gasteiger partial charge is 0.325 e. The molecule has 3 aromatic carbocycles. The lowest BCUT2D eigenvalue weighted by Crippen LogP contribution is -2.20. The Hall–Kier alpha value is -3.40. The molecule has 0 aliphatic rings. The monoisotopic (exact) mass is 355 g/mol. The van der Waals surface area contributed by atoms with Gasteiger partial charge in [0, 0.05) is 12.1 Å². The van der Waals surface area contributed by atoms with E-state index in [4.69, 9.17) is 4.98 Å². The first-order chi connectivity index (χ1) is 13.2. The Morgan fingerprint density at radius 1 is 0.926 bits per heavy atom. The Bertz CT molecular complexity index is 1080. The Morgan fingerprint density at radius 2 is 1.63 bits per heavy atom. The summed E-state index contributed by atoms with van der Waals surface area (Å²) < 4.78 is 2.01. The second-order valence-corrected chi connectivity index (χ2v) is 6.62. The number of imidazole rings is 1. The van der Waals surface area contributed by atoms with E-state index in [1.54, 1.807) is 0 Å². The van der Waals surface area contributed by atoms with Crippen LogP contribution >= 0.6 is 0 Å². The Kier molecular flexibility index (Phi) is 4.71. The van der Waals surface area contributed by atoms with E-state index in [1.165, 1.54) is 11.1 Å². The average molecular weight is 355 g/mol. The Balaban J connectivity index is 1.66. The van der Waals surface area contributed by atoms with Crippen molar-refractivity contribution in [1.82, 2.24) is 9.55 Å². The third-order valence-electron chi connectivity index (χ3n) is 4.70. The average Bonchev–Trinajstić information content (AvgIpc) is 3.02. The molecule has 1 aromatic heterocycles. The molecule has 4 rings (SSSR count). The number of hydrogen-bond donors (Lipinski definition) is 1. The van der Waals surface area contributed by atoms with Gasteiger partial charge in [-0.05, 0) is 42.3 Å². The molecule has 1 amide bonds. The normalized spacial score (nSPS) is 10.9. The molecule has 4 heteroatoms. The van der Waals surface area contributed by atoms with E-state index in [9.17, 15) is 4.79 Å². The molecule has 0 aliphatic carbocycles. The van der Waals surface area contributed by atoms with Gasteiger partial charge in [-0.15, -0.1) is 0 Å². The highest BCUT2D eigenvalue weighted by molar-refractivity contribution is 5.91. The summed E-state index contributed by atoms with van der Waals surface area (Å²) in [6.45, 7) is 2.33. The number of benzene rings is 3. The molecule has 0 atom stereocenters. The van der Waals surface area contributed by atoms with Gasteiger partial charge in [-0.1, -0.05) is 54.6 Å². The van der Waals surface area contributed by atoms with Crippen LogP contribution < -0.4 is 5.32 Å². The third kappa shape index (κ3) is 3.75. The van der Waals surface area contributed by atoms with Crippen molar-refractivity contribution in [2.75, 3.05) is 5.32 Å². The maximum atomic E-state index is 12.6. The fraction of sp³-hybridized carbons (Fsp3) is 0.130. The van der Waals surface area contributed by atoms with Crippen molar-refractivity contribution in [2.45, 2.75) is 19.9 Å². The lowest BCUT2D eigenvalue weighted by molar-refractivity contribution is -0.116. The van der Waals surface area contributed by atoms with Crippen molar-refractivity contribution in [3.05, 3.63) is 95.8 Å². The van der Waals surface area contributed by atoms with Crippen molar-refractivity contribution in [1.29, 1.82) is 0 Å². The number of carbonyl (C=O) groups excluding carboxylic acids is 1. The molecule has 0 saturated carbocycles. The van der Waals surface area contributed by atoms with Crippen LogP contribution in [-0.2, 0) is 17.8 Å². The molecule has 4 aromatic rings. The quantitative estimate of drug-likeness (QED) is 0.570. The van der Waals surface area contributed by atoms with Crippen LogP contribution in [0.3, 0.4) is 0 Å². The van der Waals surface area contributed by atoms with Crippen LogP contribution in [-0.4, -0.2) is 15.5 Å². The summed E-state index contributed by atoms with van der Waals surface area (Å²) in [5.74, 6) is 0.837. The molecular formula is C23H21N3O. The molecule has 27 heavy (non-hydrogen) atoms. The summed E-state index contributed by atoms with van der Waals surface area (Å²) in [6.07, 6.45) is 0.694. The van der Waals surface area contributed by atoms with E-state index in [1.807, 2.05) is 71.3 Å². The topological polar surface area (TPSA) is 46.9 Å². The van der Waals surface area contributed by atoms with Gasteiger partial charge in [0.25, 0.3) is 0 Å². The maximum Gasteiger partial charge on any atom is 0.244 e. The fourth-order valence-corrected chi connectivity index (χ4v) is 3.28. The summed E-state index contributed by atoms with van der Waals surface area (Å²) in [5, 5.41) is 2.96. The first kappa shape index (κ1) is 17.0. The zero-order chi connectivity index (χ0) is 18.6. The number of rotatable bonds is 5. The second-order valence-electron chi connectivity index (χ2n) is 6.62. The number of nitrogens with zero attached hydrogens (tertiary/aromatic N) is 2. The van der Waals surface area contributed by atoms with E-state index < -0.39 is 0 Å². The number of aromatic nitrogens is 2. The van der Waals surface area contributed by atoms with Crippen LogP contribution in [0.5, 0.6) is 0 Å². The summed E-state index contributed by atoms with van der Waals surface area (Å²) in [5.41, 5.74) is 5.13. The van der Waals surface area contributed by atoms with Crippen LogP contribution in [0.25, 0.3) is 11.0 Å². The van der Waals surface area contributed by atoms with Crippen LogP contribution in [0.4, 0.5) is 5.69 Å². The number of para-hydroxylation sites is 3. The lowest BCUT2D eigenvalue weighted by atomic mass is 10.1. The van der Waals surface area contributed by atoms with Gasteiger partial charge in [0.1, 0.15) is 12.4 Å². The SMILES string of the molecule is Cc1ccccc1Cc1nc2ccccc2n1CC(=O)Nc1ccccc1. The predicted molar refractivity (Wildman–Crippen MR) is 109 cm³/mol. The van der Waals surface area contributed by atoms with Crippen molar-refractivity contribution >= 4 is 22.6 Å². The van der Waals surface area contributed by atoms with Crippen LogP contribution in [0.15, 0.2) is 78.9 Å². The maximum absolute atomic E-state index is 12.6. The molecule has 0 aliphatic heterocycles. The van der Waals surface area contributed by atoms with Gasteiger partial charge in [0.15, 0.2) is 0 Å². The number of fused-ring (bicyclic) bond motifs is 1. The number of carbonyl (C=O) groups is 1. The number of amides is 1. The molecule has 0 unspecified atom stereocenters. The molecule has 1 heterocycles. The lowest BCUT2D eigenvalue weighted by Gasteiger charge is -2.11. The van der Waals surface area contributed by atoms with E-state index in [-0.39, 0.29) is 12.5 Å². The van der Waals surface area contributed by atoms with Crippen molar-refractivity contribution < 1.29 is 4.79 Å². The van der Waals surface area contributed by atoms with Gasteiger partial charge in [-0.2, -0.15) is 0 Å². The molecule has 0 saturated heterocycles. The summed E-state index contributed by atoms with van der Waals surface area (Å²) in [4.78, 5) is 17.4. The second kappa shape index (κ2) is 7.46. The Morgan fingerprint density at radius 3 is 2.44 bits per heavy atom. The molecule has 0 radical (unpaired) electrons. The number of aryl methyl sites for hydroxylation is 1. The number of anilines is 1. The minimum absolute atomic E-state index is 0.0598. The van der Waals surface area contributed by atoms with Gasteiger partial charge in [0.2, 0.25) is 5.91 Å². The van der Waals surface area contributed by atoms with Crippen molar-refractivity contribution in [3.63, 3.8) is 0 Å². The summed E-state index contributed by atoms with van der Waals surface area (Å²) >= 11 is 0. The third-order valence-corrected chi connectivity index (χ3v) is 4.70. The van der Waals surface area contributed by atoms with E-state index in [0.29, 0.717) is 6.42 Å². The van der Waals surface area contributed by atoms with Gasteiger partial charge >= 0.3 is 0 Å². The number of nitrogens with one attached hydrogen (secondary N) is 1. The zero-order valence-electron chi connectivity index (χ0n) is 15.2. The highest BCUT2D eigenvalue weighted by atomic mass is 16.1. The van der Waals surface area contributed by atoms with Crippen molar-refractivity contribution in [3.8, 4) is 0 Å². The Labute approximate surface area is 158 Å². The minimum atomic E-state index is -0.0598. The summed E-state index contributed by atoms with van der Waals surface area (Å²) in [7, 11) is 0. The van der Waals surface area contributed by atoms with E-state index in [2.05, 4.69) is 24.4 Å². The van der Waals surface area contributed by atoms with Gasteiger partial charge in [-0.25, -0.2) is 4.98 Å². The first-order valence-electron chi connectivity index (χ1n) is 9.04. The van der Waals surface area contributed by atoms with Crippen LogP contribution in [0, 0.1) is 6.92 Å². The molecule has 134 valence electrons. The molecule has 0 spiro atoms. The first-order valence-corrected chi connectivity index (χ1v) is 9.04. The van der Waals surface area contributed by atoms with Crippen molar-refractivity contribution in [2.24, 2.45) is 0 Å². The standard InChI is InChI=1S/C23H21N3O/c1-17-9-5-6-10-18(17)15-22-25-20-13-7-8-14-21(20)26(22)16-23(27)24-19-11-3-2-4-12-19/h2-14H,15-16H2,1H3,(H,24,27). The minimum Gasteiger partial charge on any atom is -0.325 e. The van der Waals surface area contributed by atoms with Crippen LogP contribution in [0.2, 0.25) is 0 Å². The molecular weight excluding hydrogens is 334 g/mol. The van der Waals surface area contributed by atoms with Crippen LogP contribution in [0.1, 0.15) is 17.0 Å².